The summed E-state index contributed by atoms with van der Waals surface area (Å²) < 4.78 is 5.82. The van der Waals surface area contributed by atoms with Crippen LogP contribution in [0.2, 0.25) is 0 Å². The topological polar surface area (TPSA) is 55.2 Å². The summed E-state index contributed by atoms with van der Waals surface area (Å²) in [7, 11) is 0. The third-order valence-electron chi connectivity index (χ3n) is 2.80. The second kappa shape index (κ2) is 6.29. The fourth-order valence-corrected chi connectivity index (χ4v) is 1.88. The molecule has 0 fully saturated rings. The number of hydrogen-bond donors (Lipinski definition) is 1. The fourth-order valence-electron chi connectivity index (χ4n) is 1.88. The molecule has 1 aromatic heterocycles. The van der Waals surface area contributed by atoms with Gasteiger partial charge in [0, 0.05) is 18.4 Å². The van der Waals surface area contributed by atoms with Gasteiger partial charge in [0.25, 0.3) is 0 Å². The molecule has 0 bridgehead atoms. The number of aryl methyl sites for hydroxylation is 2. The van der Waals surface area contributed by atoms with Crippen molar-refractivity contribution in [2.75, 3.05) is 6.61 Å². The van der Waals surface area contributed by atoms with E-state index in [1.807, 2.05) is 44.2 Å². The Morgan fingerprint density at radius 3 is 2.74 bits per heavy atom. The van der Waals surface area contributed by atoms with Crippen LogP contribution in [0.1, 0.15) is 24.0 Å². The quantitative estimate of drug-likeness (QED) is 0.895. The van der Waals surface area contributed by atoms with Gasteiger partial charge in [-0.2, -0.15) is 4.98 Å². The summed E-state index contributed by atoms with van der Waals surface area (Å²) in [5.74, 6) is 1.99. The Labute approximate surface area is 113 Å². The zero-order valence-electron chi connectivity index (χ0n) is 11.3. The number of hydrogen-bond acceptors (Lipinski definition) is 4. The average Bonchev–Trinajstić information content (AvgIpc) is 2.40. The highest BCUT2D eigenvalue weighted by atomic mass is 16.5. The van der Waals surface area contributed by atoms with Crippen molar-refractivity contribution in [1.82, 2.24) is 9.97 Å². The molecule has 0 spiro atoms. The number of benzene rings is 1. The van der Waals surface area contributed by atoms with Gasteiger partial charge in [-0.25, -0.2) is 4.98 Å². The molecule has 1 heterocycles. The molecule has 0 amide bonds. The van der Waals surface area contributed by atoms with E-state index in [4.69, 9.17) is 9.84 Å². The van der Waals surface area contributed by atoms with Gasteiger partial charge in [-0.1, -0.05) is 25.1 Å². The van der Waals surface area contributed by atoms with Crippen LogP contribution in [0.15, 0.2) is 30.3 Å². The van der Waals surface area contributed by atoms with Crippen LogP contribution in [0.4, 0.5) is 0 Å². The minimum Gasteiger partial charge on any atom is -0.439 e. The summed E-state index contributed by atoms with van der Waals surface area (Å²) in [6.07, 6.45) is 1.42. The minimum absolute atomic E-state index is 0.101. The smallest absolute Gasteiger partial charge is 0.222 e. The first-order chi connectivity index (χ1) is 9.22. The minimum atomic E-state index is 0.101. The van der Waals surface area contributed by atoms with E-state index in [0.717, 1.165) is 23.4 Å². The van der Waals surface area contributed by atoms with Gasteiger partial charge in [-0.05, 0) is 31.4 Å². The summed E-state index contributed by atoms with van der Waals surface area (Å²) in [4.78, 5) is 8.60. The van der Waals surface area contributed by atoms with E-state index < -0.39 is 0 Å². The highest BCUT2D eigenvalue weighted by Crippen LogP contribution is 2.24. The first-order valence-electron chi connectivity index (χ1n) is 6.44. The first kappa shape index (κ1) is 13.5. The molecule has 1 aromatic carbocycles. The van der Waals surface area contributed by atoms with Crippen LogP contribution in [0.3, 0.4) is 0 Å². The number of aromatic nitrogens is 2. The van der Waals surface area contributed by atoms with Crippen molar-refractivity contribution in [3.63, 3.8) is 0 Å². The van der Waals surface area contributed by atoms with Crippen LogP contribution in [0.25, 0.3) is 0 Å². The molecule has 0 atom stereocenters. The molecule has 2 rings (SSSR count). The summed E-state index contributed by atoms with van der Waals surface area (Å²) in [5, 5.41) is 9.06. The van der Waals surface area contributed by atoms with Gasteiger partial charge in [-0.3, -0.25) is 0 Å². The third kappa shape index (κ3) is 3.51. The lowest BCUT2D eigenvalue weighted by Gasteiger charge is -2.10. The standard InChI is InChI=1S/C15H18N2O2/c1-3-13-10-15(17-11(2)16-13)19-14-7-5-4-6-12(14)8-9-18/h4-7,10,18H,3,8-9H2,1-2H3. The second-order valence-electron chi connectivity index (χ2n) is 4.28. The van der Waals surface area contributed by atoms with E-state index in [0.29, 0.717) is 18.1 Å². The zero-order valence-corrected chi connectivity index (χ0v) is 11.3. The van der Waals surface area contributed by atoms with Crippen LogP contribution in [-0.4, -0.2) is 21.7 Å². The third-order valence-corrected chi connectivity index (χ3v) is 2.80. The maximum absolute atomic E-state index is 9.06. The van der Waals surface area contributed by atoms with Crippen molar-refractivity contribution in [2.24, 2.45) is 0 Å². The summed E-state index contributed by atoms with van der Waals surface area (Å²) in [6.45, 7) is 4.00. The van der Waals surface area contributed by atoms with Crippen molar-refractivity contribution in [3.05, 3.63) is 47.4 Å². The Hall–Kier alpha value is -1.94. The Morgan fingerprint density at radius 1 is 1.21 bits per heavy atom. The molecule has 0 aliphatic carbocycles. The number of nitrogens with zero attached hydrogens (tertiary/aromatic N) is 2. The van der Waals surface area contributed by atoms with Crippen LogP contribution >= 0.6 is 0 Å². The molecule has 0 unspecified atom stereocenters. The largest absolute Gasteiger partial charge is 0.439 e. The van der Waals surface area contributed by atoms with Gasteiger partial charge < -0.3 is 9.84 Å². The second-order valence-corrected chi connectivity index (χ2v) is 4.28. The summed E-state index contributed by atoms with van der Waals surface area (Å²) >= 11 is 0. The Kier molecular flexibility index (Phi) is 4.47. The molecule has 1 N–H and O–H groups in total. The van der Waals surface area contributed by atoms with E-state index in [9.17, 15) is 0 Å². The van der Waals surface area contributed by atoms with Crippen molar-refractivity contribution in [2.45, 2.75) is 26.7 Å². The maximum Gasteiger partial charge on any atom is 0.222 e. The lowest BCUT2D eigenvalue weighted by Crippen LogP contribution is -1.99. The Balaban J connectivity index is 2.28. The highest BCUT2D eigenvalue weighted by molar-refractivity contribution is 5.36. The molecule has 4 heteroatoms. The van der Waals surface area contributed by atoms with E-state index in [1.54, 1.807) is 0 Å². The molecule has 100 valence electrons. The number of ether oxygens (including phenoxy) is 1. The molecule has 4 nitrogen and oxygen atoms in total. The van der Waals surface area contributed by atoms with Crippen molar-refractivity contribution < 1.29 is 9.84 Å². The predicted molar refractivity (Wildman–Crippen MR) is 73.5 cm³/mol. The molecular weight excluding hydrogens is 240 g/mol. The molecule has 0 saturated heterocycles. The zero-order chi connectivity index (χ0) is 13.7. The number of para-hydroxylation sites is 1. The van der Waals surface area contributed by atoms with E-state index in [-0.39, 0.29) is 6.61 Å². The molecular formula is C15H18N2O2. The van der Waals surface area contributed by atoms with Crippen LogP contribution < -0.4 is 4.74 Å². The van der Waals surface area contributed by atoms with Crippen LogP contribution in [0, 0.1) is 6.92 Å². The molecule has 2 aromatic rings. The molecule has 19 heavy (non-hydrogen) atoms. The monoisotopic (exact) mass is 258 g/mol. The average molecular weight is 258 g/mol. The molecule has 0 radical (unpaired) electrons. The van der Waals surface area contributed by atoms with Gasteiger partial charge >= 0.3 is 0 Å². The Morgan fingerprint density at radius 2 is 2.00 bits per heavy atom. The Bertz CT molecular complexity index is 556. The van der Waals surface area contributed by atoms with E-state index in [2.05, 4.69) is 9.97 Å². The fraction of sp³-hybridized carbons (Fsp3) is 0.333. The summed E-state index contributed by atoms with van der Waals surface area (Å²) in [5.41, 5.74) is 1.93. The van der Waals surface area contributed by atoms with Gasteiger partial charge in [0.1, 0.15) is 11.6 Å². The number of rotatable bonds is 5. The molecule has 0 aliphatic heterocycles. The highest BCUT2D eigenvalue weighted by Gasteiger charge is 2.07. The molecule has 0 aliphatic rings. The van der Waals surface area contributed by atoms with Crippen molar-refractivity contribution >= 4 is 0 Å². The normalized spacial score (nSPS) is 10.5. The SMILES string of the molecule is CCc1cc(Oc2ccccc2CCO)nc(C)n1. The number of aliphatic hydroxyl groups is 1. The first-order valence-corrected chi connectivity index (χ1v) is 6.44. The van der Waals surface area contributed by atoms with Gasteiger partial charge in [0.2, 0.25) is 5.88 Å². The lowest BCUT2D eigenvalue weighted by atomic mass is 10.1. The summed E-state index contributed by atoms with van der Waals surface area (Å²) in [6, 6.07) is 9.52. The van der Waals surface area contributed by atoms with E-state index in [1.165, 1.54) is 0 Å². The van der Waals surface area contributed by atoms with Gasteiger partial charge in [0.15, 0.2) is 0 Å². The van der Waals surface area contributed by atoms with Crippen LogP contribution in [-0.2, 0) is 12.8 Å². The predicted octanol–water partition coefficient (Wildman–Crippen LogP) is 2.67. The molecule has 0 saturated carbocycles. The maximum atomic E-state index is 9.06. The van der Waals surface area contributed by atoms with Gasteiger partial charge in [-0.15, -0.1) is 0 Å². The van der Waals surface area contributed by atoms with Gasteiger partial charge in [0.05, 0.1) is 0 Å². The lowest BCUT2D eigenvalue weighted by molar-refractivity contribution is 0.297. The van der Waals surface area contributed by atoms with Crippen molar-refractivity contribution in [3.8, 4) is 11.6 Å². The van der Waals surface area contributed by atoms with Crippen LogP contribution in [0.5, 0.6) is 11.6 Å². The number of aliphatic hydroxyl groups excluding tert-OH is 1. The van der Waals surface area contributed by atoms with E-state index >= 15 is 0 Å². The van der Waals surface area contributed by atoms with Crippen molar-refractivity contribution in [1.29, 1.82) is 0 Å².